The van der Waals surface area contributed by atoms with Gasteiger partial charge in [0.15, 0.2) is 5.79 Å². The summed E-state index contributed by atoms with van der Waals surface area (Å²) in [5, 5.41) is 12.6. The van der Waals surface area contributed by atoms with Gasteiger partial charge in [-0.05, 0) is 35.1 Å². The number of unbranched alkanes of at least 4 members (excludes halogenated alkanes) is 7. The van der Waals surface area contributed by atoms with Gasteiger partial charge in [0.25, 0.3) is 0 Å². The van der Waals surface area contributed by atoms with Crippen LogP contribution in [0.3, 0.4) is 0 Å². The molecule has 0 radical (unpaired) electrons. The smallest absolute Gasteiger partial charge is 0.181 e. The summed E-state index contributed by atoms with van der Waals surface area (Å²) >= 11 is 0. The lowest BCUT2D eigenvalue weighted by atomic mass is 9.49. The van der Waals surface area contributed by atoms with Crippen LogP contribution in [0, 0.1) is 5.92 Å². The second-order valence-electron chi connectivity index (χ2n) is 11.6. The van der Waals surface area contributed by atoms with E-state index in [1.165, 1.54) is 67.2 Å². The molecule has 0 saturated carbocycles. The fourth-order valence-electron chi connectivity index (χ4n) is 8.14. The molecule has 2 aromatic carbocycles. The van der Waals surface area contributed by atoms with E-state index in [1.807, 2.05) is 0 Å². The molecular weight excluding hydrogens is 432 g/mol. The Bertz CT molecular complexity index is 1050. The third kappa shape index (κ3) is 3.49. The average molecular weight is 475 g/mol. The zero-order valence-corrected chi connectivity index (χ0v) is 21.5. The van der Waals surface area contributed by atoms with E-state index in [9.17, 15) is 5.11 Å². The Hall–Kier alpha value is -1.68. The molecule has 1 N–H and O–H groups in total. The fourth-order valence-corrected chi connectivity index (χ4v) is 8.14. The van der Waals surface area contributed by atoms with E-state index in [0.29, 0.717) is 0 Å². The second-order valence-corrected chi connectivity index (χ2v) is 11.6. The first-order valence-electron chi connectivity index (χ1n) is 14.4. The summed E-state index contributed by atoms with van der Waals surface area (Å²) in [5.41, 5.74) is 4.84. The predicted molar refractivity (Wildman–Crippen MR) is 139 cm³/mol. The molecule has 2 saturated heterocycles. The fraction of sp³-hybridized carbons (Fsp3) is 0.625. The van der Waals surface area contributed by atoms with Crippen molar-refractivity contribution in [3.63, 3.8) is 0 Å². The maximum Gasteiger partial charge on any atom is 0.181 e. The first-order chi connectivity index (χ1) is 17.2. The van der Waals surface area contributed by atoms with Gasteiger partial charge in [-0.15, -0.1) is 0 Å². The molecule has 3 heteroatoms. The Kier molecular flexibility index (Phi) is 6.31. The molecule has 1 aliphatic carbocycles. The van der Waals surface area contributed by atoms with Gasteiger partial charge in [-0.2, -0.15) is 0 Å². The lowest BCUT2D eigenvalue weighted by molar-refractivity contribution is -0.415. The molecule has 5 aliphatic rings. The largest absolute Gasteiger partial charge is 0.365 e. The van der Waals surface area contributed by atoms with Crippen LogP contribution in [0.2, 0.25) is 0 Å². The van der Waals surface area contributed by atoms with Crippen molar-refractivity contribution in [2.45, 2.75) is 120 Å². The molecule has 7 rings (SSSR count). The standard InChI is InChI=1S/C32H42O3/c1-3-5-7-9-15-21-31-27-22-16-11-12-17-23(22)28(34-31)26(20-10-8-6-4-2)32(33)30(31)25-19-14-13-18-24(25)29(27)35-32/h11-14,16-19,26-30,33H,3-10,15,20-21H2,1-2H3/t26-,27-,28+,29-,30+,31-,32-/m0/s1. The first kappa shape index (κ1) is 23.7. The number of aliphatic hydroxyl groups is 1. The number of hydrogen-bond acceptors (Lipinski definition) is 3. The van der Waals surface area contributed by atoms with E-state index in [0.717, 1.165) is 25.7 Å². The molecule has 0 spiro atoms. The van der Waals surface area contributed by atoms with Crippen LogP contribution in [-0.4, -0.2) is 16.5 Å². The van der Waals surface area contributed by atoms with Gasteiger partial charge in [0, 0.05) is 11.8 Å². The zero-order chi connectivity index (χ0) is 24.0. The van der Waals surface area contributed by atoms with Crippen molar-refractivity contribution >= 4 is 0 Å². The lowest BCUT2D eigenvalue weighted by Crippen LogP contribution is -2.73. The highest BCUT2D eigenvalue weighted by Crippen LogP contribution is 2.74. The van der Waals surface area contributed by atoms with E-state index in [4.69, 9.17) is 9.47 Å². The minimum atomic E-state index is -1.17. The van der Waals surface area contributed by atoms with Gasteiger partial charge >= 0.3 is 0 Å². The quantitative estimate of drug-likeness (QED) is 0.334. The van der Waals surface area contributed by atoms with E-state index >= 15 is 0 Å². The molecule has 4 heterocycles. The van der Waals surface area contributed by atoms with Crippen LogP contribution in [0.25, 0.3) is 0 Å². The molecule has 0 unspecified atom stereocenters. The van der Waals surface area contributed by atoms with Crippen molar-refractivity contribution in [2.75, 3.05) is 0 Å². The van der Waals surface area contributed by atoms with Crippen molar-refractivity contribution in [3.8, 4) is 0 Å². The number of fused-ring (bicyclic) bond motifs is 3. The molecule has 3 nitrogen and oxygen atoms in total. The normalized spacial score (nSPS) is 35.7. The highest BCUT2D eigenvalue weighted by molar-refractivity contribution is 5.53. The maximum absolute atomic E-state index is 12.6. The van der Waals surface area contributed by atoms with Crippen molar-refractivity contribution < 1.29 is 14.6 Å². The molecule has 35 heavy (non-hydrogen) atoms. The van der Waals surface area contributed by atoms with Gasteiger partial charge in [-0.25, -0.2) is 0 Å². The van der Waals surface area contributed by atoms with E-state index in [1.54, 1.807) is 0 Å². The van der Waals surface area contributed by atoms with Gasteiger partial charge in [-0.1, -0.05) is 120 Å². The van der Waals surface area contributed by atoms with Gasteiger partial charge in [0.2, 0.25) is 0 Å². The molecule has 188 valence electrons. The minimum absolute atomic E-state index is 0.0455. The van der Waals surface area contributed by atoms with Crippen LogP contribution >= 0.6 is 0 Å². The number of ether oxygens (including phenoxy) is 2. The second kappa shape index (κ2) is 9.32. The summed E-state index contributed by atoms with van der Waals surface area (Å²) in [7, 11) is 0. The summed E-state index contributed by atoms with van der Waals surface area (Å²) in [6.07, 6.45) is 12.7. The van der Waals surface area contributed by atoms with Crippen molar-refractivity contribution in [1.29, 1.82) is 0 Å². The topological polar surface area (TPSA) is 38.7 Å². The van der Waals surface area contributed by atoms with E-state index in [-0.39, 0.29) is 30.0 Å². The molecule has 4 aliphatic heterocycles. The molecule has 5 bridgehead atoms. The third-order valence-corrected chi connectivity index (χ3v) is 9.58. The predicted octanol–water partition coefficient (Wildman–Crippen LogP) is 8.10. The van der Waals surface area contributed by atoms with Crippen molar-refractivity contribution in [3.05, 3.63) is 70.8 Å². The Balaban J connectivity index is 1.46. The Morgan fingerprint density at radius 2 is 1.29 bits per heavy atom. The summed E-state index contributed by atoms with van der Waals surface area (Å²) in [4.78, 5) is 0. The van der Waals surface area contributed by atoms with Crippen molar-refractivity contribution in [2.24, 2.45) is 5.92 Å². The average Bonchev–Trinajstić information content (AvgIpc) is 2.87. The van der Waals surface area contributed by atoms with Crippen LogP contribution in [0.4, 0.5) is 0 Å². The monoisotopic (exact) mass is 474 g/mol. The maximum atomic E-state index is 12.6. The molecule has 2 fully saturated rings. The summed E-state index contributed by atoms with van der Waals surface area (Å²) in [6.45, 7) is 4.53. The van der Waals surface area contributed by atoms with Crippen LogP contribution in [0.15, 0.2) is 48.5 Å². The van der Waals surface area contributed by atoms with Gasteiger partial charge < -0.3 is 14.6 Å². The van der Waals surface area contributed by atoms with E-state index in [2.05, 4.69) is 62.4 Å². The number of benzene rings is 2. The Labute approximate surface area is 211 Å². The highest BCUT2D eigenvalue weighted by Gasteiger charge is 2.75. The van der Waals surface area contributed by atoms with E-state index < -0.39 is 11.4 Å². The van der Waals surface area contributed by atoms with Crippen molar-refractivity contribution in [1.82, 2.24) is 0 Å². The van der Waals surface area contributed by atoms with Crippen LogP contribution in [0.5, 0.6) is 0 Å². The molecule has 0 aromatic heterocycles. The molecule has 7 atom stereocenters. The Morgan fingerprint density at radius 1 is 0.686 bits per heavy atom. The number of hydrogen-bond donors (Lipinski definition) is 1. The number of rotatable bonds is 11. The molecular formula is C32H42O3. The lowest BCUT2D eigenvalue weighted by Gasteiger charge is -2.71. The molecule has 2 aromatic rings. The third-order valence-electron chi connectivity index (χ3n) is 9.58. The Morgan fingerprint density at radius 3 is 2.00 bits per heavy atom. The first-order valence-corrected chi connectivity index (χ1v) is 14.4. The summed E-state index contributed by atoms with van der Waals surface area (Å²) in [5.74, 6) is -1.20. The van der Waals surface area contributed by atoms with Gasteiger partial charge in [0.05, 0.1) is 23.7 Å². The van der Waals surface area contributed by atoms with Gasteiger partial charge in [0.1, 0.15) is 0 Å². The van der Waals surface area contributed by atoms with Crippen LogP contribution in [-0.2, 0) is 9.47 Å². The van der Waals surface area contributed by atoms with Crippen LogP contribution < -0.4 is 0 Å². The van der Waals surface area contributed by atoms with Crippen LogP contribution in [0.1, 0.15) is 131 Å². The SMILES string of the molecule is CCCCCCC[C@]12O[C@@H]3c4ccccc4[C@H]1[C@H]1O[C@@](O)([C@H]3CCCCCC)[C@@H]2c2ccccc21. The van der Waals surface area contributed by atoms with Gasteiger partial charge in [-0.3, -0.25) is 0 Å². The summed E-state index contributed by atoms with van der Waals surface area (Å²) in [6, 6.07) is 17.6. The zero-order valence-electron chi connectivity index (χ0n) is 21.5. The highest BCUT2D eigenvalue weighted by atomic mass is 16.7. The minimum Gasteiger partial charge on any atom is -0.365 e. The summed E-state index contributed by atoms with van der Waals surface area (Å²) < 4.78 is 14.2. The molecule has 0 amide bonds.